The first kappa shape index (κ1) is 26.7. The van der Waals surface area contributed by atoms with Gasteiger partial charge in [0.1, 0.15) is 5.75 Å². The van der Waals surface area contributed by atoms with Crippen molar-refractivity contribution in [3.8, 4) is 22.8 Å². The van der Waals surface area contributed by atoms with Crippen molar-refractivity contribution in [2.75, 3.05) is 44.7 Å². The number of hydrogen-bond acceptors (Lipinski definition) is 7. The van der Waals surface area contributed by atoms with Crippen molar-refractivity contribution in [2.24, 2.45) is 4.99 Å². The zero-order valence-corrected chi connectivity index (χ0v) is 22.0. The van der Waals surface area contributed by atoms with E-state index in [-0.39, 0.29) is 5.75 Å². The predicted octanol–water partition coefficient (Wildman–Crippen LogP) is 5.40. The summed E-state index contributed by atoms with van der Waals surface area (Å²) in [5, 5.41) is 4.16. The molecule has 0 spiro atoms. The van der Waals surface area contributed by atoms with Crippen LogP contribution in [0.4, 0.5) is 24.5 Å². The lowest BCUT2D eigenvalue weighted by molar-refractivity contribution is -0.274. The Labute approximate surface area is 234 Å². The van der Waals surface area contributed by atoms with Crippen LogP contribution in [0.25, 0.3) is 28.1 Å². The van der Waals surface area contributed by atoms with E-state index in [0.717, 1.165) is 66.3 Å². The molecule has 0 bridgehead atoms. The molecule has 210 valence electrons. The highest BCUT2D eigenvalue weighted by Crippen LogP contribution is 2.31. The third kappa shape index (κ3) is 6.31. The van der Waals surface area contributed by atoms with Crippen molar-refractivity contribution in [1.82, 2.24) is 19.4 Å². The quantitative estimate of drug-likeness (QED) is 0.269. The molecule has 1 N–H and O–H groups in total. The molecule has 0 atom stereocenters. The molecule has 41 heavy (non-hydrogen) atoms. The number of halogens is 3. The lowest BCUT2D eigenvalue weighted by atomic mass is 10.1. The number of rotatable bonds is 7. The van der Waals surface area contributed by atoms with Gasteiger partial charge in [0.15, 0.2) is 0 Å². The van der Waals surface area contributed by atoms with Crippen LogP contribution in [0.1, 0.15) is 0 Å². The maximum Gasteiger partial charge on any atom is 0.573 e. The minimum Gasteiger partial charge on any atom is -0.406 e. The van der Waals surface area contributed by atoms with Crippen molar-refractivity contribution >= 4 is 22.4 Å². The van der Waals surface area contributed by atoms with Crippen LogP contribution in [0.2, 0.25) is 0 Å². The first-order chi connectivity index (χ1) is 19.9. The van der Waals surface area contributed by atoms with E-state index in [1.165, 1.54) is 12.1 Å². The largest absolute Gasteiger partial charge is 0.573 e. The molecule has 1 saturated heterocycles. The van der Waals surface area contributed by atoms with Crippen molar-refractivity contribution in [2.45, 2.75) is 6.36 Å². The molecule has 0 saturated carbocycles. The predicted molar refractivity (Wildman–Crippen MR) is 150 cm³/mol. The number of fused-ring (bicyclic) bond motifs is 2. The molecule has 8 nitrogen and oxygen atoms in total. The van der Waals surface area contributed by atoms with Gasteiger partial charge >= 0.3 is 6.36 Å². The number of aromatic nitrogens is 3. The molecule has 6 rings (SSSR count). The summed E-state index contributed by atoms with van der Waals surface area (Å²) in [7, 11) is 0. The SMILES string of the molecule is FC(F)(F)Oc1ccc(-n2c3c/c(=N\CCN4CCOCC4)c(Nc4cccnc4)cc-3nc3ccccc32)cc1. The Balaban J connectivity index is 1.48. The maximum absolute atomic E-state index is 12.8. The molecular weight excluding hydrogens is 533 g/mol. The van der Waals surface area contributed by atoms with Crippen molar-refractivity contribution < 1.29 is 22.6 Å². The Morgan fingerprint density at radius 3 is 2.54 bits per heavy atom. The first-order valence-corrected chi connectivity index (χ1v) is 13.2. The van der Waals surface area contributed by atoms with Gasteiger partial charge in [0.05, 0.1) is 65.1 Å². The Morgan fingerprint density at radius 2 is 1.78 bits per heavy atom. The van der Waals surface area contributed by atoms with Gasteiger partial charge in [0, 0.05) is 31.5 Å². The number of para-hydroxylation sites is 2. The standard InChI is InChI=1S/C30H27F3N6O2/c31-30(32,33)41-23-9-7-22(8-10-23)39-28-6-2-1-5-24(28)37-27-18-26(36-21-4-3-11-34-20-21)25(19-29(27)39)35-12-13-38-14-16-40-17-15-38/h1-11,18-20,36H,12-17H2/b35-25+. The van der Waals surface area contributed by atoms with Crippen LogP contribution in [0, 0.1) is 0 Å². The number of hydrogen-bond donors (Lipinski definition) is 1. The van der Waals surface area contributed by atoms with E-state index < -0.39 is 6.36 Å². The van der Waals surface area contributed by atoms with Gasteiger partial charge in [-0.1, -0.05) is 12.1 Å². The second-order valence-corrected chi connectivity index (χ2v) is 9.54. The summed E-state index contributed by atoms with van der Waals surface area (Å²) in [6.07, 6.45) is -1.32. The summed E-state index contributed by atoms with van der Waals surface area (Å²) in [4.78, 5) is 16.4. The van der Waals surface area contributed by atoms with Crippen molar-refractivity contribution in [3.63, 3.8) is 0 Å². The zero-order chi connectivity index (χ0) is 28.2. The van der Waals surface area contributed by atoms with Gasteiger partial charge in [-0.05, 0) is 60.7 Å². The molecule has 3 aliphatic rings. The van der Waals surface area contributed by atoms with E-state index in [0.29, 0.717) is 17.9 Å². The van der Waals surface area contributed by atoms with Gasteiger partial charge in [-0.2, -0.15) is 0 Å². The third-order valence-corrected chi connectivity index (χ3v) is 6.77. The molecule has 1 aromatic heterocycles. The number of anilines is 2. The van der Waals surface area contributed by atoms with Gasteiger partial charge in [0.2, 0.25) is 0 Å². The smallest absolute Gasteiger partial charge is 0.406 e. The number of nitrogens with one attached hydrogen (secondary N) is 1. The van der Waals surface area contributed by atoms with Gasteiger partial charge in [-0.25, -0.2) is 4.98 Å². The van der Waals surface area contributed by atoms with E-state index in [1.807, 2.05) is 53.1 Å². The van der Waals surface area contributed by atoms with E-state index in [4.69, 9.17) is 14.7 Å². The monoisotopic (exact) mass is 560 g/mol. The van der Waals surface area contributed by atoms with Gasteiger partial charge in [-0.3, -0.25) is 14.9 Å². The Morgan fingerprint density at radius 1 is 0.976 bits per heavy atom. The number of alkyl halides is 3. The van der Waals surface area contributed by atoms with Crippen LogP contribution in [0.5, 0.6) is 5.75 Å². The van der Waals surface area contributed by atoms with E-state index in [2.05, 4.69) is 19.9 Å². The highest BCUT2D eigenvalue weighted by Gasteiger charge is 2.31. The fourth-order valence-corrected chi connectivity index (χ4v) is 4.88. The Bertz CT molecular complexity index is 1670. The minimum atomic E-state index is -4.76. The molecule has 1 fully saturated rings. The molecule has 1 aliphatic carbocycles. The molecule has 0 radical (unpaired) electrons. The number of benzene rings is 3. The van der Waals surface area contributed by atoms with Crippen LogP contribution >= 0.6 is 0 Å². The lowest BCUT2D eigenvalue weighted by Crippen LogP contribution is -2.38. The van der Waals surface area contributed by atoms with Gasteiger partial charge < -0.3 is 19.4 Å². The molecule has 0 amide bonds. The average molecular weight is 561 g/mol. The second-order valence-electron chi connectivity index (χ2n) is 9.54. The molecule has 2 aromatic carbocycles. The average Bonchev–Trinajstić information content (AvgIpc) is 2.97. The molecule has 0 unspecified atom stereocenters. The summed E-state index contributed by atoms with van der Waals surface area (Å²) in [5.41, 5.74) is 5.24. The summed E-state index contributed by atoms with van der Waals surface area (Å²) in [6, 6.07) is 21.1. The van der Waals surface area contributed by atoms with Crippen LogP contribution < -0.4 is 15.4 Å². The van der Waals surface area contributed by atoms with Gasteiger partial charge in [-0.15, -0.1) is 13.2 Å². The zero-order valence-electron chi connectivity index (χ0n) is 22.0. The molecule has 3 aromatic rings. The minimum absolute atomic E-state index is 0.286. The first-order valence-electron chi connectivity index (χ1n) is 13.2. The highest BCUT2D eigenvalue weighted by molar-refractivity contribution is 5.84. The van der Waals surface area contributed by atoms with E-state index in [1.54, 1.807) is 24.5 Å². The molecule has 3 heterocycles. The fraction of sp³-hybridized carbons (Fsp3) is 0.233. The number of nitrogens with zero attached hydrogens (tertiary/aromatic N) is 5. The van der Waals surface area contributed by atoms with Gasteiger partial charge in [0.25, 0.3) is 0 Å². The van der Waals surface area contributed by atoms with Crippen LogP contribution in [-0.4, -0.2) is 65.2 Å². The number of pyridine rings is 1. The maximum atomic E-state index is 12.8. The molecule has 11 heteroatoms. The van der Waals surface area contributed by atoms with Crippen molar-refractivity contribution in [1.29, 1.82) is 0 Å². The Hall–Kier alpha value is -4.48. The summed E-state index contributed by atoms with van der Waals surface area (Å²) in [5.74, 6) is -0.286. The highest BCUT2D eigenvalue weighted by atomic mass is 19.4. The van der Waals surface area contributed by atoms with E-state index in [9.17, 15) is 13.2 Å². The third-order valence-electron chi connectivity index (χ3n) is 6.77. The Kier molecular flexibility index (Phi) is 7.53. The van der Waals surface area contributed by atoms with E-state index >= 15 is 0 Å². The van der Waals surface area contributed by atoms with Crippen LogP contribution in [0.15, 0.2) is 90.2 Å². The topological polar surface area (TPSA) is 76.8 Å². The van der Waals surface area contributed by atoms with Crippen LogP contribution in [-0.2, 0) is 4.74 Å². The lowest BCUT2D eigenvalue weighted by Gasteiger charge is -2.25. The van der Waals surface area contributed by atoms with Crippen molar-refractivity contribution in [3.05, 3.63) is 90.5 Å². The number of ether oxygens (including phenoxy) is 2. The van der Waals surface area contributed by atoms with Crippen LogP contribution in [0.3, 0.4) is 0 Å². The summed E-state index contributed by atoms with van der Waals surface area (Å²) >= 11 is 0. The molecular formula is C30H27F3N6O2. The second kappa shape index (κ2) is 11.6. The number of morpholine rings is 1. The summed E-state index contributed by atoms with van der Waals surface area (Å²) in [6.45, 7) is 4.56. The molecule has 2 aliphatic heterocycles. The fourth-order valence-electron chi connectivity index (χ4n) is 4.88. The summed E-state index contributed by atoms with van der Waals surface area (Å²) < 4.78 is 49.9. The normalized spacial score (nSPS) is 15.0.